The predicted molar refractivity (Wildman–Crippen MR) is 101 cm³/mol. The van der Waals surface area contributed by atoms with Crippen LogP contribution in [-0.2, 0) is 4.79 Å². The van der Waals surface area contributed by atoms with Crippen LogP contribution >= 0.6 is 23.2 Å². The number of fused-ring (bicyclic) bond motifs is 1. The average Bonchev–Trinajstić information content (AvgIpc) is 2.82. The molecule has 0 fully saturated rings. The molecule has 1 aliphatic rings. The van der Waals surface area contributed by atoms with Crippen LogP contribution < -0.4 is 14.8 Å². The molecule has 0 bridgehead atoms. The van der Waals surface area contributed by atoms with Gasteiger partial charge in [-0.25, -0.2) is 0 Å². The summed E-state index contributed by atoms with van der Waals surface area (Å²) in [5, 5.41) is 3.84. The lowest BCUT2D eigenvalue weighted by molar-refractivity contribution is -0.111. The number of amides is 1. The first-order valence-electron chi connectivity index (χ1n) is 7.87. The molecule has 1 heterocycles. The fourth-order valence-corrected chi connectivity index (χ4v) is 2.87. The van der Waals surface area contributed by atoms with Gasteiger partial charge in [-0.05, 0) is 48.4 Å². The summed E-state index contributed by atoms with van der Waals surface area (Å²) < 4.78 is 11.2. The topological polar surface area (TPSA) is 47.6 Å². The predicted octanol–water partition coefficient (Wildman–Crippen LogP) is 5.12. The number of nitrogens with one attached hydrogen (secondary N) is 1. The van der Waals surface area contributed by atoms with E-state index in [0.29, 0.717) is 40.4 Å². The number of carbonyl (C=O) groups is 1. The third-order valence-corrected chi connectivity index (χ3v) is 4.22. The first kappa shape index (κ1) is 17.6. The number of halogens is 2. The number of carbonyl (C=O) groups excluding carboxylic acids is 1. The van der Waals surface area contributed by atoms with Crippen molar-refractivity contribution in [2.45, 2.75) is 13.3 Å². The maximum atomic E-state index is 12.1. The number of aryl methyl sites for hydroxylation is 1. The Kier molecular flexibility index (Phi) is 5.51. The number of rotatable bonds is 3. The van der Waals surface area contributed by atoms with Crippen molar-refractivity contribution in [2.24, 2.45) is 0 Å². The molecule has 1 amide bonds. The van der Waals surface area contributed by atoms with Gasteiger partial charge >= 0.3 is 0 Å². The molecule has 2 aromatic rings. The summed E-state index contributed by atoms with van der Waals surface area (Å²) in [6.45, 7) is 3.05. The van der Waals surface area contributed by atoms with Crippen LogP contribution in [0, 0.1) is 6.92 Å². The first-order chi connectivity index (χ1) is 12.0. The molecule has 25 heavy (non-hydrogen) atoms. The van der Waals surface area contributed by atoms with Gasteiger partial charge in [0, 0.05) is 23.2 Å². The molecule has 6 heteroatoms. The van der Waals surface area contributed by atoms with E-state index in [1.165, 1.54) is 6.08 Å². The van der Waals surface area contributed by atoms with Crippen molar-refractivity contribution in [3.05, 3.63) is 57.6 Å². The van der Waals surface area contributed by atoms with Gasteiger partial charge in [-0.1, -0.05) is 29.3 Å². The van der Waals surface area contributed by atoms with Crippen molar-refractivity contribution in [2.75, 3.05) is 18.5 Å². The second kappa shape index (κ2) is 7.81. The Bertz CT molecular complexity index is 834. The summed E-state index contributed by atoms with van der Waals surface area (Å²) >= 11 is 12.2. The SMILES string of the molecule is Cc1ccc(Cl)cc1NC(=O)/C=C/c1cc(Cl)c2c(c1)OCCCO2. The Balaban J connectivity index is 1.75. The highest BCUT2D eigenvalue weighted by atomic mass is 35.5. The minimum Gasteiger partial charge on any atom is -0.489 e. The Morgan fingerprint density at radius 2 is 1.96 bits per heavy atom. The van der Waals surface area contributed by atoms with Crippen molar-refractivity contribution in [3.63, 3.8) is 0 Å². The lowest BCUT2D eigenvalue weighted by Crippen LogP contribution is -2.08. The van der Waals surface area contributed by atoms with Crippen molar-refractivity contribution >= 4 is 40.9 Å². The largest absolute Gasteiger partial charge is 0.489 e. The summed E-state index contributed by atoms with van der Waals surface area (Å²) in [4.78, 5) is 12.1. The molecular weight excluding hydrogens is 361 g/mol. The van der Waals surface area contributed by atoms with Gasteiger partial charge in [0.05, 0.1) is 18.2 Å². The van der Waals surface area contributed by atoms with Crippen LogP contribution in [0.1, 0.15) is 17.5 Å². The number of hydrogen-bond donors (Lipinski definition) is 1. The molecule has 0 saturated heterocycles. The lowest BCUT2D eigenvalue weighted by Gasteiger charge is -2.10. The van der Waals surface area contributed by atoms with Crippen molar-refractivity contribution < 1.29 is 14.3 Å². The summed E-state index contributed by atoms with van der Waals surface area (Å²) in [7, 11) is 0. The van der Waals surface area contributed by atoms with E-state index in [1.54, 1.807) is 30.3 Å². The average molecular weight is 378 g/mol. The highest BCUT2D eigenvalue weighted by Crippen LogP contribution is 2.38. The Morgan fingerprint density at radius 3 is 2.80 bits per heavy atom. The molecule has 2 aromatic carbocycles. The zero-order valence-electron chi connectivity index (χ0n) is 13.6. The molecule has 0 unspecified atom stereocenters. The standard InChI is InChI=1S/C19H17Cl2NO3/c1-12-3-5-14(20)11-16(12)22-18(23)6-4-13-9-15(21)19-17(10-13)24-7-2-8-25-19/h3-6,9-11H,2,7-8H2,1H3,(H,22,23)/b6-4+. The third kappa shape index (κ3) is 4.47. The van der Waals surface area contributed by atoms with Crippen LogP contribution in [-0.4, -0.2) is 19.1 Å². The third-order valence-electron chi connectivity index (χ3n) is 3.71. The number of anilines is 1. The van der Waals surface area contributed by atoms with Gasteiger partial charge in [-0.15, -0.1) is 0 Å². The summed E-state index contributed by atoms with van der Waals surface area (Å²) in [5.74, 6) is 0.889. The Morgan fingerprint density at radius 1 is 1.16 bits per heavy atom. The molecule has 0 saturated carbocycles. The van der Waals surface area contributed by atoms with Crippen LogP contribution in [0.5, 0.6) is 11.5 Å². The van der Waals surface area contributed by atoms with Gasteiger partial charge in [0.25, 0.3) is 0 Å². The molecule has 4 nitrogen and oxygen atoms in total. The minimum absolute atomic E-state index is 0.256. The highest BCUT2D eigenvalue weighted by Gasteiger charge is 2.15. The molecule has 0 atom stereocenters. The van der Waals surface area contributed by atoms with Crippen LogP contribution in [0.4, 0.5) is 5.69 Å². The van der Waals surface area contributed by atoms with E-state index in [4.69, 9.17) is 32.7 Å². The van der Waals surface area contributed by atoms with Gasteiger partial charge in [0.1, 0.15) is 0 Å². The molecule has 0 aromatic heterocycles. The van der Waals surface area contributed by atoms with Gasteiger partial charge in [-0.2, -0.15) is 0 Å². The fraction of sp³-hybridized carbons (Fsp3) is 0.211. The Labute approximate surface area is 156 Å². The molecule has 0 radical (unpaired) electrons. The summed E-state index contributed by atoms with van der Waals surface area (Å²) in [6.07, 6.45) is 3.92. The summed E-state index contributed by atoms with van der Waals surface area (Å²) in [6, 6.07) is 8.89. The smallest absolute Gasteiger partial charge is 0.248 e. The van der Waals surface area contributed by atoms with Crippen molar-refractivity contribution in [1.29, 1.82) is 0 Å². The van der Waals surface area contributed by atoms with E-state index in [1.807, 2.05) is 13.0 Å². The monoisotopic (exact) mass is 377 g/mol. The number of benzene rings is 2. The number of hydrogen-bond acceptors (Lipinski definition) is 3. The molecule has 0 spiro atoms. The van der Waals surface area contributed by atoms with Crippen LogP contribution in [0.2, 0.25) is 10.0 Å². The van der Waals surface area contributed by atoms with Gasteiger partial charge < -0.3 is 14.8 Å². The van der Waals surface area contributed by atoms with Crippen LogP contribution in [0.25, 0.3) is 6.08 Å². The second-order valence-electron chi connectivity index (χ2n) is 5.66. The minimum atomic E-state index is -0.256. The van der Waals surface area contributed by atoms with Gasteiger partial charge in [0.15, 0.2) is 11.5 Å². The van der Waals surface area contributed by atoms with Crippen molar-refractivity contribution in [3.8, 4) is 11.5 Å². The van der Waals surface area contributed by atoms with E-state index in [2.05, 4.69) is 5.32 Å². The molecule has 1 N–H and O–H groups in total. The van der Waals surface area contributed by atoms with E-state index in [0.717, 1.165) is 17.5 Å². The van der Waals surface area contributed by atoms with E-state index in [-0.39, 0.29) is 5.91 Å². The fourth-order valence-electron chi connectivity index (χ4n) is 2.42. The lowest BCUT2D eigenvalue weighted by atomic mass is 10.1. The maximum absolute atomic E-state index is 12.1. The van der Waals surface area contributed by atoms with E-state index in [9.17, 15) is 4.79 Å². The molecule has 130 valence electrons. The first-order valence-corrected chi connectivity index (χ1v) is 8.63. The second-order valence-corrected chi connectivity index (χ2v) is 6.51. The summed E-state index contributed by atoms with van der Waals surface area (Å²) in [5.41, 5.74) is 2.37. The molecule has 3 rings (SSSR count). The van der Waals surface area contributed by atoms with E-state index >= 15 is 0 Å². The molecular formula is C19H17Cl2NO3. The van der Waals surface area contributed by atoms with Gasteiger partial charge in [-0.3, -0.25) is 4.79 Å². The molecule has 1 aliphatic heterocycles. The maximum Gasteiger partial charge on any atom is 0.248 e. The Hall–Kier alpha value is -2.17. The zero-order valence-corrected chi connectivity index (χ0v) is 15.2. The highest BCUT2D eigenvalue weighted by molar-refractivity contribution is 6.32. The molecule has 0 aliphatic carbocycles. The van der Waals surface area contributed by atoms with Crippen LogP contribution in [0.15, 0.2) is 36.4 Å². The quantitative estimate of drug-likeness (QED) is 0.755. The normalized spacial score (nSPS) is 13.6. The van der Waals surface area contributed by atoms with E-state index < -0.39 is 0 Å². The zero-order chi connectivity index (χ0) is 17.8. The number of ether oxygens (including phenoxy) is 2. The van der Waals surface area contributed by atoms with Gasteiger partial charge in [0.2, 0.25) is 5.91 Å². The van der Waals surface area contributed by atoms with Crippen LogP contribution in [0.3, 0.4) is 0 Å². The van der Waals surface area contributed by atoms with Crippen molar-refractivity contribution in [1.82, 2.24) is 0 Å².